The van der Waals surface area contributed by atoms with E-state index in [1.54, 1.807) is 0 Å². The number of hydrogen-bond donors (Lipinski definition) is 1. The van der Waals surface area contributed by atoms with E-state index >= 15 is 0 Å². The average Bonchev–Trinajstić information content (AvgIpc) is 3.13. The zero-order valence-corrected chi connectivity index (χ0v) is 16.4. The number of nitrogens with zero attached hydrogens (tertiary/aromatic N) is 3. The quantitative estimate of drug-likeness (QED) is 0.907. The zero-order valence-electron chi connectivity index (χ0n) is 16.4. The van der Waals surface area contributed by atoms with Gasteiger partial charge < -0.3 is 5.11 Å². The number of carboxylic acid groups (broad SMARTS) is 1. The van der Waals surface area contributed by atoms with Crippen LogP contribution in [0.3, 0.4) is 0 Å². The van der Waals surface area contributed by atoms with Crippen molar-refractivity contribution in [2.24, 2.45) is 5.41 Å². The molecule has 0 bridgehead atoms. The molecule has 0 amide bonds. The Kier molecular flexibility index (Phi) is 4.69. The summed E-state index contributed by atoms with van der Waals surface area (Å²) in [5, 5.41) is 14.3. The van der Waals surface area contributed by atoms with E-state index in [4.69, 9.17) is 5.10 Å². The molecule has 5 heteroatoms. The highest BCUT2D eigenvalue weighted by atomic mass is 16.4. The minimum absolute atomic E-state index is 0.0683. The standard InChI is InChI=1S/C21H29N3O2/c1-15-6-8-17(9-7-15)24-13-16(18(22-24)20(2,3)4)12-23-11-10-21(5,14-23)19(25)26/h6-9,13H,10-12,14H2,1-5H3,(H,25,26). The molecule has 26 heavy (non-hydrogen) atoms. The Morgan fingerprint density at radius 1 is 1.27 bits per heavy atom. The Bertz CT molecular complexity index is 802. The van der Waals surface area contributed by atoms with Crippen LogP contribution in [-0.2, 0) is 16.8 Å². The first-order valence-corrected chi connectivity index (χ1v) is 9.20. The molecular weight excluding hydrogens is 326 g/mol. The first-order chi connectivity index (χ1) is 12.1. The van der Waals surface area contributed by atoms with Crippen molar-refractivity contribution in [3.8, 4) is 5.69 Å². The number of benzene rings is 1. The molecular formula is C21H29N3O2. The third kappa shape index (κ3) is 3.68. The number of aromatic nitrogens is 2. The van der Waals surface area contributed by atoms with Gasteiger partial charge in [-0.1, -0.05) is 38.5 Å². The molecule has 0 saturated carbocycles. The normalized spacial score (nSPS) is 21.3. The predicted molar refractivity (Wildman–Crippen MR) is 103 cm³/mol. The van der Waals surface area contributed by atoms with E-state index < -0.39 is 11.4 Å². The number of aryl methyl sites for hydroxylation is 1. The molecule has 1 aliphatic rings. The second-order valence-electron chi connectivity index (χ2n) is 8.86. The van der Waals surface area contributed by atoms with E-state index in [1.165, 1.54) is 11.1 Å². The number of aliphatic carboxylic acids is 1. The SMILES string of the molecule is Cc1ccc(-n2cc(CN3CCC(C)(C(=O)O)C3)c(C(C)(C)C)n2)cc1. The van der Waals surface area contributed by atoms with Gasteiger partial charge in [-0.05, 0) is 38.9 Å². The fraction of sp³-hybridized carbons (Fsp3) is 0.524. The predicted octanol–water partition coefficient (Wildman–Crippen LogP) is 3.77. The molecule has 0 radical (unpaired) electrons. The lowest BCUT2D eigenvalue weighted by atomic mass is 9.89. The molecule has 1 saturated heterocycles. The van der Waals surface area contributed by atoms with Gasteiger partial charge in [-0.2, -0.15) is 5.10 Å². The lowest BCUT2D eigenvalue weighted by Crippen LogP contribution is -2.31. The second-order valence-corrected chi connectivity index (χ2v) is 8.86. The molecule has 1 atom stereocenters. The van der Waals surface area contributed by atoms with Crippen molar-refractivity contribution in [1.82, 2.24) is 14.7 Å². The zero-order chi connectivity index (χ0) is 19.1. The number of rotatable bonds is 4. The lowest BCUT2D eigenvalue weighted by Gasteiger charge is -2.22. The number of likely N-dealkylation sites (tertiary alicyclic amines) is 1. The van der Waals surface area contributed by atoms with Crippen molar-refractivity contribution in [1.29, 1.82) is 0 Å². The molecule has 2 heterocycles. The maximum absolute atomic E-state index is 11.5. The van der Waals surface area contributed by atoms with Gasteiger partial charge in [0.15, 0.2) is 0 Å². The molecule has 2 aromatic rings. The van der Waals surface area contributed by atoms with Crippen LogP contribution in [0, 0.1) is 12.3 Å². The summed E-state index contributed by atoms with van der Waals surface area (Å²) in [4.78, 5) is 13.8. The fourth-order valence-corrected chi connectivity index (χ4v) is 3.59. The van der Waals surface area contributed by atoms with Crippen LogP contribution in [0.1, 0.15) is 50.9 Å². The van der Waals surface area contributed by atoms with Crippen molar-refractivity contribution in [2.75, 3.05) is 13.1 Å². The van der Waals surface area contributed by atoms with Gasteiger partial charge in [-0.25, -0.2) is 4.68 Å². The summed E-state index contributed by atoms with van der Waals surface area (Å²) >= 11 is 0. The third-order valence-corrected chi connectivity index (χ3v) is 5.26. The first-order valence-electron chi connectivity index (χ1n) is 9.20. The molecule has 1 aromatic carbocycles. The van der Waals surface area contributed by atoms with Crippen LogP contribution < -0.4 is 0 Å². The Labute approximate surface area is 155 Å². The largest absolute Gasteiger partial charge is 0.481 e. The van der Waals surface area contributed by atoms with E-state index in [-0.39, 0.29) is 5.41 Å². The monoisotopic (exact) mass is 355 g/mol. The molecule has 140 valence electrons. The van der Waals surface area contributed by atoms with Gasteiger partial charge in [0, 0.05) is 30.3 Å². The summed E-state index contributed by atoms with van der Waals surface area (Å²) in [6.45, 7) is 12.6. The highest BCUT2D eigenvalue weighted by Crippen LogP contribution is 2.33. The topological polar surface area (TPSA) is 58.4 Å². The van der Waals surface area contributed by atoms with Crippen molar-refractivity contribution in [3.63, 3.8) is 0 Å². The van der Waals surface area contributed by atoms with Gasteiger partial charge in [0.25, 0.3) is 0 Å². The number of carbonyl (C=O) groups is 1. The van der Waals surface area contributed by atoms with Gasteiger partial charge in [-0.15, -0.1) is 0 Å². The molecule has 5 nitrogen and oxygen atoms in total. The molecule has 1 aromatic heterocycles. The summed E-state index contributed by atoms with van der Waals surface area (Å²) in [5.74, 6) is -0.702. The molecule has 0 aliphatic carbocycles. The maximum Gasteiger partial charge on any atom is 0.310 e. The van der Waals surface area contributed by atoms with Crippen molar-refractivity contribution < 1.29 is 9.90 Å². The fourth-order valence-electron chi connectivity index (χ4n) is 3.59. The summed E-state index contributed by atoms with van der Waals surface area (Å²) in [6.07, 6.45) is 2.79. The molecule has 3 rings (SSSR count). The number of hydrogen-bond acceptors (Lipinski definition) is 3. The van der Waals surface area contributed by atoms with Crippen molar-refractivity contribution >= 4 is 5.97 Å². The smallest absolute Gasteiger partial charge is 0.310 e. The second kappa shape index (κ2) is 6.54. The lowest BCUT2D eigenvalue weighted by molar-refractivity contribution is -0.147. The van der Waals surface area contributed by atoms with E-state index in [2.05, 4.69) is 63.1 Å². The van der Waals surface area contributed by atoms with Crippen LogP contribution in [-0.4, -0.2) is 38.8 Å². The Balaban J connectivity index is 1.89. The maximum atomic E-state index is 11.5. The summed E-state index contributed by atoms with van der Waals surface area (Å²) in [6, 6.07) is 8.34. The van der Waals surface area contributed by atoms with E-state index in [1.807, 2.05) is 11.6 Å². The Hall–Kier alpha value is -2.14. The van der Waals surface area contributed by atoms with Crippen LogP contribution in [0.4, 0.5) is 0 Å². The van der Waals surface area contributed by atoms with Crippen molar-refractivity contribution in [2.45, 2.75) is 53.0 Å². The average molecular weight is 355 g/mol. The van der Waals surface area contributed by atoms with Crippen LogP contribution >= 0.6 is 0 Å². The van der Waals surface area contributed by atoms with Gasteiger partial charge in [-0.3, -0.25) is 9.69 Å². The highest BCUT2D eigenvalue weighted by molar-refractivity contribution is 5.74. The molecule has 1 fully saturated rings. The minimum Gasteiger partial charge on any atom is -0.481 e. The van der Waals surface area contributed by atoms with Crippen LogP contribution in [0.15, 0.2) is 30.5 Å². The van der Waals surface area contributed by atoms with Crippen LogP contribution in [0.25, 0.3) is 5.69 Å². The van der Waals surface area contributed by atoms with Gasteiger partial charge in [0.1, 0.15) is 0 Å². The minimum atomic E-state index is -0.702. The molecule has 1 aliphatic heterocycles. The summed E-state index contributed by atoms with van der Waals surface area (Å²) < 4.78 is 1.95. The highest BCUT2D eigenvalue weighted by Gasteiger charge is 2.40. The van der Waals surface area contributed by atoms with Crippen LogP contribution in [0.5, 0.6) is 0 Å². The van der Waals surface area contributed by atoms with Gasteiger partial charge >= 0.3 is 5.97 Å². The van der Waals surface area contributed by atoms with Gasteiger partial charge in [0.05, 0.1) is 16.8 Å². The van der Waals surface area contributed by atoms with Crippen molar-refractivity contribution in [3.05, 3.63) is 47.3 Å². The third-order valence-electron chi connectivity index (χ3n) is 5.26. The number of carboxylic acids is 1. The molecule has 1 unspecified atom stereocenters. The van der Waals surface area contributed by atoms with Crippen LogP contribution in [0.2, 0.25) is 0 Å². The summed E-state index contributed by atoms with van der Waals surface area (Å²) in [5.41, 5.74) is 3.80. The first kappa shape index (κ1) is 18.6. The van der Waals surface area contributed by atoms with Gasteiger partial charge in [0.2, 0.25) is 0 Å². The summed E-state index contributed by atoms with van der Waals surface area (Å²) in [7, 11) is 0. The molecule has 1 N–H and O–H groups in total. The van der Waals surface area contributed by atoms with E-state index in [0.717, 1.165) is 24.5 Å². The van der Waals surface area contributed by atoms with E-state index in [9.17, 15) is 9.90 Å². The Morgan fingerprint density at radius 3 is 2.46 bits per heavy atom. The molecule has 0 spiro atoms. The van der Waals surface area contributed by atoms with E-state index in [0.29, 0.717) is 13.0 Å². The Morgan fingerprint density at radius 2 is 1.92 bits per heavy atom.